The van der Waals surface area contributed by atoms with Gasteiger partial charge in [-0.25, -0.2) is 8.42 Å². The summed E-state index contributed by atoms with van der Waals surface area (Å²) in [6.45, 7) is 0.132. The van der Waals surface area contributed by atoms with Crippen LogP contribution in [0.5, 0.6) is 0 Å². The Morgan fingerprint density at radius 1 is 1.20 bits per heavy atom. The Labute approximate surface area is 150 Å². The van der Waals surface area contributed by atoms with Crippen LogP contribution in [0.15, 0.2) is 0 Å². The van der Waals surface area contributed by atoms with Gasteiger partial charge in [0.1, 0.15) is 17.7 Å². The molecule has 2 aliphatic rings. The molecule has 0 aromatic heterocycles. The van der Waals surface area contributed by atoms with E-state index in [1.54, 1.807) is 0 Å². The molecule has 25 heavy (non-hydrogen) atoms. The van der Waals surface area contributed by atoms with E-state index in [0.717, 1.165) is 37.4 Å². The van der Waals surface area contributed by atoms with Crippen molar-refractivity contribution in [3.05, 3.63) is 0 Å². The normalized spacial score (nSPS) is 21.6. The van der Waals surface area contributed by atoms with Crippen LogP contribution in [-0.4, -0.2) is 78.1 Å². The van der Waals surface area contributed by atoms with Crippen molar-refractivity contribution in [1.29, 1.82) is 0 Å². The highest BCUT2D eigenvalue weighted by atomic mass is 32.2. The van der Waals surface area contributed by atoms with Crippen molar-refractivity contribution in [2.24, 2.45) is 0 Å². The molecule has 2 fully saturated rings. The van der Waals surface area contributed by atoms with Crippen molar-refractivity contribution in [3.63, 3.8) is 0 Å². The number of sulfone groups is 1. The van der Waals surface area contributed by atoms with E-state index in [0.29, 0.717) is 0 Å². The first-order valence-corrected chi connectivity index (χ1v) is 11.0. The van der Waals surface area contributed by atoms with Crippen LogP contribution >= 0.6 is 11.8 Å². The Morgan fingerprint density at radius 3 is 2.44 bits per heavy atom. The number of aliphatic hydroxyl groups is 1. The minimum atomic E-state index is -3.85. The van der Waals surface area contributed by atoms with Crippen LogP contribution in [0.4, 0.5) is 4.79 Å². The fourth-order valence-electron chi connectivity index (χ4n) is 2.84. The van der Waals surface area contributed by atoms with Gasteiger partial charge in [-0.2, -0.15) is 0 Å². The van der Waals surface area contributed by atoms with Gasteiger partial charge in [0.15, 0.2) is 9.84 Å². The molecule has 0 radical (unpaired) electrons. The van der Waals surface area contributed by atoms with Gasteiger partial charge in [-0.15, -0.1) is 0 Å². The number of nitrogens with one attached hydrogen (secondary N) is 2. The Kier molecular flexibility index (Phi) is 7.08. The maximum Gasteiger partial charge on any atom is 0.283 e. The second kappa shape index (κ2) is 8.86. The Hall–Kier alpha value is -1.33. The molecule has 3 N–H and O–H groups in total. The van der Waals surface area contributed by atoms with Crippen molar-refractivity contribution in [2.45, 2.75) is 38.0 Å². The highest BCUT2D eigenvalue weighted by molar-refractivity contribution is 8.13. The molecule has 1 unspecified atom stereocenters. The third-order valence-electron chi connectivity index (χ3n) is 4.05. The van der Waals surface area contributed by atoms with Crippen LogP contribution in [0.3, 0.4) is 0 Å². The summed E-state index contributed by atoms with van der Waals surface area (Å²) < 4.78 is 23.8. The molecule has 0 aromatic rings. The van der Waals surface area contributed by atoms with Gasteiger partial charge < -0.3 is 20.6 Å². The number of hydrogen-bond acceptors (Lipinski definition) is 7. The molecule has 1 heterocycles. The third kappa shape index (κ3) is 6.48. The van der Waals surface area contributed by atoms with Gasteiger partial charge in [-0.05, 0) is 12.8 Å². The minimum Gasteiger partial charge on any atom is -0.373 e. The van der Waals surface area contributed by atoms with Gasteiger partial charge in [0.05, 0.1) is 0 Å². The molecule has 1 aliphatic carbocycles. The summed E-state index contributed by atoms with van der Waals surface area (Å²) in [7, 11) is -3.85. The zero-order valence-electron chi connectivity index (χ0n) is 13.8. The SMILES string of the molecule is O=C(CS(=O)(=O)CC(=O)NC1CCCC1)NCCN1C(=O)SCC1O. The molecule has 1 atom stereocenters. The summed E-state index contributed by atoms with van der Waals surface area (Å²) in [5.74, 6) is -2.53. The van der Waals surface area contributed by atoms with Crippen LogP contribution < -0.4 is 10.6 Å². The van der Waals surface area contributed by atoms with Gasteiger partial charge >= 0.3 is 0 Å². The molecular weight excluding hydrogens is 370 g/mol. The van der Waals surface area contributed by atoms with E-state index in [1.807, 2.05) is 0 Å². The molecule has 9 nitrogen and oxygen atoms in total. The summed E-state index contributed by atoms with van der Waals surface area (Å²) in [6.07, 6.45) is 2.86. The monoisotopic (exact) mass is 393 g/mol. The average Bonchev–Trinajstić information content (AvgIpc) is 3.10. The highest BCUT2D eigenvalue weighted by Crippen LogP contribution is 2.21. The second-order valence-corrected chi connectivity index (χ2v) is 9.22. The first kappa shape index (κ1) is 20.0. The van der Waals surface area contributed by atoms with Crippen LogP contribution in [-0.2, 0) is 19.4 Å². The number of thioether (sulfide) groups is 1. The lowest BCUT2D eigenvalue weighted by Crippen LogP contribution is -2.42. The molecule has 142 valence electrons. The van der Waals surface area contributed by atoms with Gasteiger partial charge in [-0.1, -0.05) is 24.6 Å². The van der Waals surface area contributed by atoms with E-state index in [4.69, 9.17) is 0 Å². The number of nitrogens with zero attached hydrogens (tertiary/aromatic N) is 1. The lowest BCUT2D eigenvalue weighted by molar-refractivity contribution is -0.119. The summed E-state index contributed by atoms with van der Waals surface area (Å²) in [6, 6.07) is 0.0267. The van der Waals surface area contributed by atoms with Gasteiger partial charge in [-0.3, -0.25) is 14.4 Å². The van der Waals surface area contributed by atoms with E-state index in [-0.39, 0.29) is 30.1 Å². The summed E-state index contributed by atoms with van der Waals surface area (Å²) in [4.78, 5) is 36.1. The molecule has 1 saturated heterocycles. The third-order valence-corrected chi connectivity index (χ3v) is 6.40. The van der Waals surface area contributed by atoms with Crippen molar-refractivity contribution in [3.8, 4) is 0 Å². The van der Waals surface area contributed by atoms with E-state index in [1.165, 1.54) is 4.90 Å². The first-order valence-electron chi connectivity index (χ1n) is 8.15. The molecule has 2 rings (SSSR count). The predicted molar refractivity (Wildman–Crippen MR) is 92.6 cm³/mol. The van der Waals surface area contributed by atoms with Gasteiger partial charge in [0.25, 0.3) is 5.24 Å². The number of carbonyl (C=O) groups is 3. The second-order valence-electron chi connectivity index (χ2n) is 6.18. The molecule has 1 aliphatic heterocycles. The molecule has 1 saturated carbocycles. The average molecular weight is 393 g/mol. The molecule has 11 heteroatoms. The van der Waals surface area contributed by atoms with Crippen LogP contribution in [0.25, 0.3) is 0 Å². The molecule has 0 bridgehead atoms. The largest absolute Gasteiger partial charge is 0.373 e. The molecule has 3 amide bonds. The van der Waals surface area contributed by atoms with Gasteiger partial charge in [0.2, 0.25) is 11.8 Å². The highest BCUT2D eigenvalue weighted by Gasteiger charge is 2.30. The Morgan fingerprint density at radius 2 is 1.84 bits per heavy atom. The Bertz CT molecular complexity index is 618. The number of aliphatic hydroxyl groups excluding tert-OH is 1. The molecule has 0 spiro atoms. The van der Waals surface area contributed by atoms with Crippen molar-refractivity contribution in [1.82, 2.24) is 15.5 Å². The summed E-state index contributed by atoms with van der Waals surface area (Å²) in [5, 5.41) is 14.3. The van der Waals surface area contributed by atoms with Crippen molar-refractivity contribution in [2.75, 3.05) is 30.3 Å². The van der Waals surface area contributed by atoms with Crippen molar-refractivity contribution >= 4 is 38.7 Å². The lowest BCUT2D eigenvalue weighted by atomic mass is 10.2. The first-order chi connectivity index (χ1) is 11.8. The van der Waals surface area contributed by atoms with E-state index in [2.05, 4.69) is 10.6 Å². The smallest absolute Gasteiger partial charge is 0.283 e. The number of carbonyl (C=O) groups excluding carboxylic acids is 3. The Balaban J connectivity index is 1.69. The number of amides is 3. The molecular formula is C14H23N3O6S2. The maximum atomic E-state index is 11.9. The fraction of sp³-hybridized carbons (Fsp3) is 0.786. The predicted octanol–water partition coefficient (Wildman–Crippen LogP) is -0.937. The topological polar surface area (TPSA) is 133 Å². The van der Waals surface area contributed by atoms with Crippen LogP contribution in [0, 0.1) is 0 Å². The summed E-state index contributed by atoms with van der Waals surface area (Å²) >= 11 is 0.986. The molecule has 0 aromatic carbocycles. The van der Waals surface area contributed by atoms with Crippen molar-refractivity contribution < 1.29 is 27.9 Å². The zero-order chi connectivity index (χ0) is 18.4. The fourth-order valence-corrected chi connectivity index (χ4v) is 4.77. The number of rotatable bonds is 8. The standard InChI is InChI=1S/C14H23N3O6S2/c18-11(15-5-6-17-13(20)7-24-14(17)21)8-25(22,23)9-12(19)16-10-3-1-2-4-10/h10,13,20H,1-9H2,(H,15,18)(H,16,19). The van der Waals surface area contributed by atoms with E-state index in [9.17, 15) is 27.9 Å². The zero-order valence-corrected chi connectivity index (χ0v) is 15.4. The van der Waals surface area contributed by atoms with E-state index >= 15 is 0 Å². The van der Waals surface area contributed by atoms with Crippen LogP contribution in [0.2, 0.25) is 0 Å². The summed E-state index contributed by atoms with van der Waals surface area (Å²) in [5.41, 5.74) is 0. The minimum absolute atomic E-state index is 0.0267. The lowest BCUT2D eigenvalue weighted by Gasteiger charge is -2.19. The maximum absolute atomic E-state index is 11.9. The quantitative estimate of drug-likeness (QED) is 0.485. The van der Waals surface area contributed by atoms with E-state index < -0.39 is 39.4 Å². The number of hydrogen-bond donors (Lipinski definition) is 3. The van der Waals surface area contributed by atoms with Crippen LogP contribution in [0.1, 0.15) is 25.7 Å². The van der Waals surface area contributed by atoms with Gasteiger partial charge in [0, 0.05) is 24.9 Å².